The molecular weight excluding hydrogens is 448 g/mol. The number of amides is 1. The second-order valence-electron chi connectivity index (χ2n) is 5.32. The lowest BCUT2D eigenvalue weighted by Gasteiger charge is -2.13. The lowest BCUT2D eigenvalue weighted by atomic mass is 10.2. The number of halogens is 2. The van der Waals surface area contributed by atoms with E-state index in [1.165, 1.54) is 6.21 Å². The SMILES string of the molecule is C#CCOc1c(Br)cc(C=NOCC(=O)Nc2ccc(Cl)cc2)cc1OCC. The number of rotatable bonds is 9. The van der Waals surface area contributed by atoms with E-state index in [-0.39, 0.29) is 19.1 Å². The number of hydrogen-bond acceptors (Lipinski definition) is 5. The van der Waals surface area contributed by atoms with Crippen LogP contribution in [0.4, 0.5) is 5.69 Å². The first-order chi connectivity index (χ1) is 13.5. The van der Waals surface area contributed by atoms with Crippen LogP contribution in [0, 0.1) is 12.3 Å². The molecule has 0 fully saturated rings. The van der Waals surface area contributed by atoms with Crippen molar-refractivity contribution < 1.29 is 19.1 Å². The Bertz CT molecular complexity index is 879. The van der Waals surface area contributed by atoms with E-state index in [0.29, 0.717) is 38.9 Å². The van der Waals surface area contributed by atoms with Crippen molar-refractivity contribution in [3.05, 3.63) is 51.5 Å². The van der Waals surface area contributed by atoms with Crippen LogP contribution in [0.5, 0.6) is 11.5 Å². The highest BCUT2D eigenvalue weighted by Gasteiger charge is 2.11. The van der Waals surface area contributed by atoms with Crippen molar-refractivity contribution >= 4 is 45.3 Å². The highest BCUT2D eigenvalue weighted by atomic mass is 79.9. The normalized spacial score (nSPS) is 10.4. The molecule has 28 heavy (non-hydrogen) atoms. The first-order valence-electron chi connectivity index (χ1n) is 8.26. The first-order valence-corrected chi connectivity index (χ1v) is 9.44. The van der Waals surface area contributed by atoms with Gasteiger partial charge in [-0.3, -0.25) is 4.79 Å². The van der Waals surface area contributed by atoms with Gasteiger partial charge in [-0.15, -0.1) is 6.42 Å². The number of nitrogens with zero attached hydrogens (tertiary/aromatic N) is 1. The van der Waals surface area contributed by atoms with Gasteiger partial charge in [-0.05, 0) is 59.3 Å². The number of nitrogens with one attached hydrogen (secondary N) is 1. The summed E-state index contributed by atoms with van der Waals surface area (Å²) in [4.78, 5) is 16.9. The van der Waals surface area contributed by atoms with E-state index in [9.17, 15) is 4.79 Å². The largest absolute Gasteiger partial charge is 0.490 e. The van der Waals surface area contributed by atoms with E-state index in [2.05, 4.69) is 32.3 Å². The van der Waals surface area contributed by atoms with Gasteiger partial charge in [0.1, 0.15) is 6.61 Å². The Morgan fingerprint density at radius 3 is 2.75 bits per heavy atom. The Hall–Kier alpha value is -2.69. The van der Waals surface area contributed by atoms with Gasteiger partial charge < -0.3 is 19.6 Å². The van der Waals surface area contributed by atoms with Gasteiger partial charge >= 0.3 is 0 Å². The van der Waals surface area contributed by atoms with E-state index in [1.54, 1.807) is 36.4 Å². The number of benzene rings is 2. The van der Waals surface area contributed by atoms with E-state index in [4.69, 9.17) is 32.3 Å². The van der Waals surface area contributed by atoms with Crippen LogP contribution in [0.2, 0.25) is 5.02 Å². The molecule has 0 bridgehead atoms. The molecule has 0 heterocycles. The first kappa shape index (κ1) is 21.6. The average Bonchev–Trinajstić information content (AvgIpc) is 2.67. The minimum atomic E-state index is -0.339. The van der Waals surface area contributed by atoms with Gasteiger partial charge in [0.25, 0.3) is 5.91 Å². The summed E-state index contributed by atoms with van der Waals surface area (Å²) in [7, 11) is 0. The molecule has 1 N–H and O–H groups in total. The molecule has 0 spiro atoms. The van der Waals surface area contributed by atoms with E-state index >= 15 is 0 Å². The van der Waals surface area contributed by atoms with Gasteiger partial charge in [0.05, 0.1) is 17.3 Å². The summed E-state index contributed by atoms with van der Waals surface area (Å²) in [5.41, 5.74) is 1.32. The maximum Gasteiger partial charge on any atom is 0.265 e. The molecule has 0 aliphatic carbocycles. The van der Waals surface area contributed by atoms with Gasteiger partial charge in [-0.1, -0.05) is 22.7 Å². The summed E-state index contributed by atoms with van der Waals surface area (Å²) < 4.78 is 11.7. The van der Waals surface area contributed by atoms with Crippen molar-refractivity contribution in [2.75, 3.05) is 25.1 Å². The molecule has 8 heteroatoms. The monoisotopic (exact) mass is 464 g/mol. The Morgan fingerprint density at radius 1 is 1.32 bits per heavy atom. The molecule has 1 amide bonds. The van der Waals surface area contributed by atoms with Crippen LogP contribution in [0.25, 0.3) is 0 Å². The molecule has 2 rings (SSSR count). The van der Waals surface area contributed by atoms with E-state index in [1.807, 2.05) is 6.92 Å². The molecule has 0 aliphatic rings. The van der Waals surface area contributed by atoms with Crippen LogP contribution < -0.4 is 14.8 Å². The van der Waals surface area contributed by atoms with Crippen LogP contribution in [0.3, 0.4) is 0 Å². The molecule has 0 atom stereocenters. The number of anilines is 1. The lowest BCUT2D eigenvalue weighted by molar-refractivity contribution is -0.120. The number of carbonyl (C=O) groups is 1. The molecule has 2 aromatic carbocycles. The predicted molar refractivity (Wildman–Crippen MR) is 113 cm³/mol. The Morgan fingerprint density at radius 2 is 2.07 bits per heavy atom. The second kappa shape index (κ2) is 11.2. The fourth-order valence-electron chi connectivity index (χ4n) is 2.10. The third kappa shape index (κ3) is 6.80. The third-order valence-corrected chi connectivity index (χ3v) is 4.07. The Balaban J connectivity index is 1.94. The zero-order valence-corrected chi connectivity index (χ0v) is 17.4. The van der Waals surface area contributed by atoms with Crippen LogP contribution in [-0.2, 0) is 9.63 Å². The number of terminal acetylenes is 1. The quantitative estimate of drug-likeness (QED) is 0.336. The summed E-state index contributed by atoms with van der Waals surface area (Å²) in [5.74, 6) is 3.11. The molecule has 6 nitrogen and oxygen atoms in total. The van der Waals surface area contributed by atoms with E-state index in [0.717, 1.165) is 0 Å². The molecule has 0 radical (unpaired) electrons. The summed E-state index contributed by atoms with van der Waals surface area (Å²) in [6, 6.07) is 10.3. The smallest absolute Gasteiger partial charge is 0.265 e. The third-order valence-electron chi connectivity index (χ3n) is 3.23. The van der Waals surface area contributed by atoms with Crippen LogP contribution >= 0.6 is 27.5 Å². The highest BCUT2D eigenvalue weighted by molar-refractivity contribution is 9.10. The van der Waals surface area contributed by atoms with Crippen LogP contribution in [0.15, 0.2) is 46.0 Å². The fraction of sp³-hybridized carbons (Fsp3) is 0.200. The van der Waals surface area contributed by atoms with Crippen LogP contribution in [-0.4, -0.2) is 31.9 Å². The molecule has 0 unspecified atom stereocenters. The zero-order valence-electron chi connectivity index (χ0n) is 15.1. The standard InChI is InChI=1S/C20H18BrClN2O4/c1-3-9-27-20-17(21)10-14(11-18(20)26-4-2)12-23-28-13-19(25)24-16-7-5-15(22)6-8-16/h1,5-8,10-12H,4,9,13H2,2H3,(H,24,25). The summed E-state index contributed by atoms with van der Waals surface area (Å²) in [5, 5.41) is 7.08. The van der Waals surface area contributed by atoms with Crippen molar-refractivity contribution in [2.24, 2.45) is 5.16 Å². The summed E-state index contributed by atoms with van der Waals surface area (Å²) in [6.07, 6.45) is 6.70. The van der Waals surface area contributed by atoms with Gasteiger partial charge in [-0.25, -0.2) is 0 Å². The lowest BCUT2D eigenvalue weighted by Crippen LogP contribution is -2.16. The van der Waals surface area contributed by atoms with Gasteiger partial charge in [-0.2, -0.15) is 0 Å². The van der Waals surface area contributed by atoms with Crippen molar-refractivity contribution in [3.8, 4) is 23.8 Å². The summed E-state index contributed by atoms with van der Waals surface area (Å²) >= 11 is 9.22. The molecular formula is C20H18BrClN2O4. The molecule has 2 aromatic rings. The molecule has 0 saturated carbocycles. The van der Waals surface area contributed by atoms with Crippen molar-refractivity contribution in [1.29, 1.82) is 0 Å². The molecule has 0 saturated heterocycles. The second-order valence-corrected chi connectivity index (χ2v) is 6.61. The van der Waals surface area contributed by atoms with E-state index < -0.39 is 0 Å². The number of oxime groups is 1. The molecule has 146 valence electrons. The molecule has 0 aromatic heterocycles. The highest BCUT2D eigenvalue weighted by Crippen LogP contribution is 2.36. The summed E-state index contributed by atoms with van der Waals surface area (Å²) in [6.45, 7) is 2.21. The zero-order chi connectivity index (χ0) is 20.4. The van der Waals surface area contributed by atoms with Gasteiger partial charge in [0.2, 0.25) is 0 Å². The minimum Gasteiger partial charge on any atom is -0.490 e. The number of hydrogen-bond donors (Lipinski definition) is 1. The maximum atomic E-state index is 11.8. The molecule has 0 aliphatic heterocycles. The van der Waals surface area contributed by atoms with Crippen molar-refractivity contribution in [3.63, 3.8) is 0 Å². The van der Waals surface area contributed by atoms with Crippen molar-refractivity contribution in [1.82, 2.24) is 0 Å². The fourth-order valence-corrected chi connectivity index (χ4v) is 2.80. The van der Waals surface area contributed by atoms with Crippen molar-refractivity contribution in [2.45, 2.75) is 6.92 Å². The van der Waals surface area contributed by atoms with Gasteiger partial charge in [0.15, 0.2) is 18.1 Å². The Kier molecular flexibility index (Phi) is 8.66. The number of ether oxygens (including phenoxy) is 2. The minimum absolute atomic E-state index is 0.123. The Labute approximate surface area is 176 Å². The predicted octanol–water partition coefficient (Wildman–Crippen LogP) is 4.50. The van der Waals surface area contributed by atoms with Gasteiger partial charge in [0, 0.05) is 16.3 Å². The number of carbonyl (C=O) groups excluding carboxylic acids is 1. The topological polar surface area (TPSA) is 69.2 Å². The van der Waals surface area contributed by atoms with Crippen LogP contribution in [0.1, 0.15) is 12.5 Å². The average molecular weight is 466 g/mol. The maximum absolute atomic E-state index is 11.8.